The molecule has 0 aliphatic carbocycles. The van der Waals surface area contributed by atoms with E-state index in [1.54, 1.807) is 24.3 Å². The molecule has 0 aliphatic heterocycles. The lowest BCUT2D eigenvalue weighted by atomic mass is 10.1. The van der Waals surface area contributed by atoms with Crippen molar-refractivity contribution in [3.63, 3.8) is 0 Å². The van der Waals surface area contributed by atoms with Gasteiger partial charge in [-0.3, -0.25) is 0 Å². The minimum Gasteiger partial charge on any atom is -0.423 e. The standard InChI is InChI=1S/C25H21N3O2/c1-17-8-6-11-20(14-17)25(29)30-22-13-7-12-21(15-22)28-24-16-23(26-18(2)27-24)19-9-4-3-5-10-19/h3-16H,1-2H3,(H,26,27,28). The number of benzene rings is 3. The maximum absolute atomic E-state index is 12.4. The van der Waals surface area contributed by atoms with Gasteiger partial charge in [0.2, 0.25) is 0 Å². The summed E-state index contributed by atoms with van der Waals surface area (Å²) in [5, 5.41) is 3.28. The van der Waals surface area contributed by atoms with Crippen LogP contribution in [-0.2, 0) is 0 Å². The van der Waals surface area contributed by atoms with E-state index in [1.165, 1.54) is 0 Å². The Kier molecular flexibility index (Phi) is 5.52. The molecular formula is C25H21N3O2. The highest BCUT2D eigenvalue weighted by atomic mass is 16.5. The third-order valence-corrected chi connectivity index (χ3v) is 4.48. The normalized spacial score (nSPS) is 10.5. The maximum Gasteiger partial charge on any atom is 0.343 e. The molecule has 4 rings (SSSR count). The molecule has 0 aliphatic rings. The summed E-state index contributed by atoms with van der Waals surface area (Å²) in [4.78, 5) is 21.4. The summed E-state index contributed by atoms with van der Waals surface area (Å²) in [6.07, 6.45) is 0. The first-order valence-electron chi connectivity index (χ1n) is 9.64. The molecule has 0 atom stereocenters. The Hall–Kier alpha value is -3.99. The van der Waals surface area contributed by atoms with Crippen LogP contribution in [0.5, 0.6) is 5.75 Å². The molecule has 5 heteroatoms. The molecule has 3 aromatic carbocycles. The Labute approximate surface area is 175 Å². The van der Waals surface area contributed by atoms with Crippen molar-refractivity contribution in [1.29, 1.82) is 0 Å². The van der Waals surface area contributed by atoms with Crippen LogP contribution < -0.4 is 10.1 Å². The zero-order chi connectivity index (χ0) is 20.9. The largest absolute Gasteiger partial charge is 0.423 e. The second kappa shape index (κ2) is 8.57. The Bertz CT molecular complexity index is 1190. The average molecular weight is 395 g/mol. The number of nitrogens with one attached hydrogen (secondary N) is 1. The number of anilines is 2. The molecule has 0 saturated heterocycles. The van der Waals surface area contributed by atoms with Crippen molar-refractivity contribution in [3.8, 4) is 17.0 Å². The van der Waals surface area contributed by atoms with E-state index in [0.29, 0.717) is 23.0 Å². The van der Waals surface area contributed by atoms with Gasteiger partial charge in [0.05, 0.1) is 11.3 Å². The lowest BCUT2D eigenvalue weighted by Crippen LogP contribution is -2.08. The van der Waals surface area contributed by atoms with E-state index >= 15 is 0 Å². The molecule has 30 heavy (non-hydrogen) atoms. The number of aryl methyl sites for hydroxylation is 2. The van der Waals surface area contributed by atoms with E-state index in [9.17, 15) is 4.79 Å². The lowest BCUT2D eigenvalue weighted by Gasteiger charge is -2.10. The minimum absolute atomic E-state index is 0.389. The van der Waals surface area contributed by atoms with Gasteiger partial charge in [0, 0.05) is 23.4 Å². The van der Waals surface area contributed by atoms with Crippen molar-refractivity contribution in [3.05, 3.63) is 102 Å². The number of esters is 1. The van der Waals surface area contributed by atoms with Crippen LogP contribution in [0.3, 0.4) is 0 Å². The van der Waals surface area contributed by atoms with Crippen LogP contribution in [0.25, 0.3) is 11.3 Å². The van der Waals surface area contributed by atoms with Crippen molar-refractivity contribution in [2.24, 2.45) is 0 Å². The smallest absolute Gasteiger partial charge is 0.343 e. The van der Waals surface area contributed by atoms with E-state index in [4.69, 9.17) is 4.74 Å². The van der Waals surface area contributed by atoms with E-state index in [-0.39, 0.29) is 5.97 Å². The highest BCUT2D eigenvalue weighted by Gasteiger charge is 2.10. The number of carbonyl (C=O) groups excluding carboxylic acids is 1. The lowest BCUT2D eigenvalue weighted by molar-refractivity contribution is 0.0735. The molecular weight excluding hydrogens is 374 g/mol. The quantitative estimate of drug-likeness (QED) is 0.346. The number of hydrogen-bond donors (Lipinski definition) is 1. The number of ether oxygens (including phenoxy) is 1. The van der Waals surface area contributed by atoms with Crippen LogP contribution in [0.2, 0.25) is 0 Å². The number of hydrogen-bond acceptors (Lipinski definition) is 5. The van der Waals surface area contributed by atoms with Crippen LogP contribution in [0, 0.1) is 13.8 Å². The molecule has 0 unspecified atom stereocenters. The molecule has 0 amide bonds. The average Bonchev–Trinajstić information content (AvgIpc) is 2.74. The molecule has 0 spiro atoms. The fourth-order valence-electron chi connectivity index (χ4n) is 3.11. The zero-order valence-electron chi connectivity index (χ0n) is 16.8. The predicted molar refractivity (Wildman–Crippen MR) is 118 cm³/mol. The summed E-state index contributed by atoms with van der Waals surface area (Å²) >= 11 is 0. The molecule has 1 heterocycles. The fraction of sp³-hybridized carbons (Fsp3) is 0.0800. The van der Waals surface area contributed by atoms with E-state index in [0.717, 1.165) is 22.5 Å². The van der Waals surface area contributed by atoms with Gasteiger partial charge in [0.25, 0.3) is 0 Å². The van der Waals surface area contributed by atoms with Crippen molar-refractivity contribution in [2.45, 2.75) is 13.8 Å². The van der Waals surface area contributed by atoms with Gasteiger partial charge in [-0.15, -0.1) is 0 Å². The molecule has 4 aromatic rings. The third-order valence-electron chi connectivity index (χ3n) is 4.48. The van der Waals surface area contributed by atoms with E-state index in [2.05, 4.69) is 15.3 Å². The van der Waals surface area contributed by atoms with Crippen LogP contribution in [0.1, 0.15) is 21.7 Å². The highest BCUT2D eigenvalue weighted by Crippen LogP contribution is 2.24. The van der Waals surface area contributed by atoms with E-state index < -0.39 is 0 Å². The van der Waals surface area contributed by atoms with Gasteiger partial charge in [0.15, 0.2) is 0 Å². The zero-order valence-corrected chi connectivity index (χ0v) is 16.8. The van der Waals surface area contributed by atoms with Crippen molar-refractivity contribution >= 4 is 17.5 Å². The molecule has 148 valence electrons. The Morgan fingerprint density at radius 3 is 2.43 bits per heavy atom. The number of carbonyl (C=O) groups is 1. The van der Waals surface area contributed by atoms with E-state index in [1.807, 2.05) is 74.5 Å². The Balaban J connectivity index is 1.54. The maximum atomic E-state index is 12.4. The highest BCUT2D eigenvalue weighted by molar-refractivity contribution is 5.91. The molecule has 1 N–H and O–H groups in total. The Morgan fingerprint density at radius 2 is 1.63 bits per heavy atom. The summed E-state index contributed by atoms with van der Waals surface area (Å²) in [5.41, 5.74) is 4.15. The molecule has 1 aromatic heterocycles. The minimum atomic E-state index is -0.389. The van der Waals surface area contributed by atoms with Crippen LogP contribution in [-0.4, -0.2) is 15.9 Å². The van der Waals surface area contributed by atoms with Crippen LogP contribution in [0.4, 0.5) is 11.5 Å². The van der Waals surface area contributed by atoms with Gasteiger partial charge in [0.1, 0.15) is 17.4 Å². The molecule has 0 bridgehead atoms. The second-order valence-corrected chi connectivity index (χ2v) is 6.96. The monoisotopic (exact) mass is 395 g/mol. The summed E-state index contributed by atoms with van der Waals surface area (Å²) in [6, 6.07) is 26.4. The molecule has 0 fully saturated rings. The molecule has 5 nitrogen and oxygen atoms in total. The van der Waals surface area contributed by atoms with Gasteiger partial charge >= 0.3 is 5.97 Å². The van der Waals surface area contributed by atoms with Crippen molar-refractivity contribution < 1.29 is 9.53 Å². The van der Waals surface area contributed by atoms with Crippen molar-refractivity contribution in [2.75, 3.05) is 5.32 Å². The summed E-state index contributed by atoms with van der Waals surface area (Å²) in [6.45, 7) is 3.80. The predicted octanol–water partition coefficient (Wildman–Crippen LogP) is 5.72. The number of rotatable bonds is 5. The second-order valence-electron chi connectivity index (χ2n) is 6.96. The summed E-state index contributed by atoms with van der Waals surface area (Å²) in [7, 11) is 0. The molecule has 0 saturated carbocycles. The first-order chi connectivity index (χ1) is 14.6. The first-order valence-corrected chi connectivity index (χ1v) is 9.64. The first kappa shape index (κ1) is 19.3. The van der Waals surface area contributed by atoms with Gasteiger partial charge in [-0.2, -0.15) is 0 Å². The fourth-order valence-corrected chi connectivity index (χ4v) is 3.11. The SMILES string of the molecule is Cc1cccc(C(=O)Oc2cccc(Nc3cc(-c4ccccc4)nc(C)n3)c2)c1. The number of nitrogens with zero attached hydrogens (tertiary/aromatic N) is 2. The number of aromatic nitrogens is 2. The summed E-state index contributed by atoms with van der Waals surface area (Å²) < 4.78 is 5.54. The van der Waals surface area contributed by atoms with Crippen molar-refractivity contribution in [1.82, 2.24) is 9.97 Å². The van der Waals surface area contributed by atoms with Gasteiger partial charge in [-0.25, -0.2) is 14.8 Å². The van der Waals surface area contributed by atoms with Gasteiger partial charge < -0.3 is 10.1 Å². The Morgan fingerprint density at radius 1 is 0.833 bits per heavy atom. The summed E-state index contributed by atoms with van der Waals surface area (Å²) in [5.74, 6) is 1.41. The van der Waals surface area contributed by atoms with Gasteiger partial charge in [-0.05, 0) is 38.1 Å². The third kappa shape index (κ3) is 4.70. The van der Waals surface area contributed by atoms with Crippen LogP contribution >= 0.6 is 0 Å². The topological polar surface area (TPSA) is 64.1 Å². The van der Waals surface area contributed by atoms with Gasteiger partial charge in [-0.1, -0.05) is 54.1 Å². The molecule has 0 radical (unpaired) electrons. The van der Waals surface area contributed by atoms with Crippen LogP contribution in [0.15, 0.2) is 84.9 Å².